The van der Waals surface area contributed by atoms with Gasteiger partial charge in [0, 0.05) is 23.6 Å². The third kappa shape index (κ3) is 2.44. The molecule has 3 N–H and O–H groups in total. The first-order chi connectivity index (χ1) is 11.6. The Hall–Kier alpha value is -3.08. The van der Waals surface area contributed by atoms with Crippen LogP contribution in [0.5, 0.6) is 0 Å². The number of nitrogens with zero attached hydrogens (tertiary/aromatic N) is 1. The number of aromatic nitrogens is 1. The molecule has 5 nitrogen and oxygen atoms in total. The maximum absolute atomic E-state index is 12.8. The number of para-hydroxylation sites is 1. The molecule has 1 saturated carbocycles. The summed E-state index contributed by atoms with van der Waals surface area (Å²) in [6.45, 7) is 0. The number of carbonyl (C=O) groups is 1. The van der Waals surface area contributed by atoms with Gasteiger partial charge >= 0.3 is 0 Å². The number of nitrogens with two attached hydrogens (primary N) is 1. The molecule has 1 amide bonds. The molecule has 0 spiro atoms. The molecular formula is C19H17N3O2. The molecule has 0 saturated heterocycles. The Labute approximate surface area is 138 Å². The van der Waals surface area contributed by atoms with Crippen molar-refractivity contribution in [3.8, 4) is 0 Å². The van der Waals surface area contributed by atoms with Crippen LogP contribution in [0.4, 0.5) is 11.4 Å². The van der Waals surface area contributed by atoms with E-state index in [-0.39, 0.29) is 11.0 Å². The van der Waals surface area contributed by atoms with Crippen LogP contribution in [0.2, 0.25) is 0 Å². The van der Waals surface area contributed by atoms with E-state index in [1.54, 1.807) is 24.4 Å². The highest BCUT2D eigenvalue weighted by Crippen LogP contribution is 2.37. The largest absolute Gasteiger partial charge is 0.398 e. The van der Waals surface area contributed by atoms with Gasteiger partial charge in [-0.15, -0.1) is 0 Å². The predicted molar refractivity (Wildman–Crippen MR) is 95.3 cm³/mol. The zero-order valence-corrected chi connectivity index (χ0v) is 13.0. The van der Waals surface area contributed by atoms with Crippen molar-refractivity contribution in [3.05, 3.63) is 70.5 Å². The standard InChI is InChI=1S/C19H17N3O2/c20-15-7-4-8-16-17(15)18(23)14(11-22(16)13-9-10-13)19(24)21-12-5-2-1-3-6-12/h1-8,11,13H,9-10,20H2,(H,21,24). The summed E-state index contributed by atoms with van der Waals surface area (Å²) in [5.74, 6) is -0.411. The molecule has 1 aromatic heterocycles. The Bertz CT molecular complexity index is 989. The number of rotatable bonds is 3. The van der Waals surface area contributed by atoms with Crippen LogP contribution in [0.3, 0.4) is 0 Å². The summed E-state index contributed by atoms with van der Waals surface area (Å²) in [6.07, 6.45) is 3.76. The molecule has 1 heterocycles. The quantitative estimate of drug-likeness (QED) is 0.728. The van der Waals surface area contributed by atoms with Gasteiger partial charge in [0.15, 0.2) is 0 Å². The summed E-state index contributed by atoms with van der Waals surface area (Å²) in [6, 6.07) is 14.8. The van der Waals surface area contributed by atoms with Gasteiger partial charge in [0.1, 0.15) is 5.56 Å². The number of fused-ring (bicyclic) bond motifs is 1. The van der Waals surface area contributed by atoms with E-state index in [1.807, 2.05) is 34.9 Å². The highest BCUT2D eigenvalue weighted by atomic mass is 16.2. The number of nitrogen functional groups attached to an aromatic ring is 1. The zero-order valence-electron chi connectivity index (χ0n) is 13.0. The lowest BCUT2D eigenvalue weighted by atomic mass is 10.1. The number of anilines is 2. The van der Waals surface area contributed by atoms with E-state index in [2.05, 4.69) is 5.32 Å². The number of pyridine rings is 1. The molecular weight excluding hydrogens is 302 g/mol. The van der Waals surface area contributed by atoms with E-state index >= 15 is 0 Å². The molecule has 0 radical (unpaired) electrons. The van der Waals surface area contributed by atoms with Crippen LogP contribution in [0.1, 0.15) is 29.2 Å². The van der Waals surface area contributed by atoms with Crippen molar-refractivity contribution in [1.29, 1.82) is 0 Å². The second kappa shape index (κ2) is 5.53. The van der Waals surface area contributed by atoms with E-state index in [4.69, 9.17) is 5.73 Å². The normalized spacial score (nSPS) is 13.8. The molecule has 0 aliphatic heterocycles. The Morgan fingerprint density at radius 2 is 1.83 bits per heavy atom. The Kier molecular flexibility index (Phi) is 3.34. The minimum absolute atomic E-state index is 0.121. The smallest absolute Gasteiger partial charge is 0.261 e. The molecule has 0 unspecified atom stereocenters. The maximum Gasteiger partial charge on any atom is 0.261 e. The van der Waals surface area contributed by atoms with Crippen LogP contribution in [0.15, 0.2) is 59.5 Å². The molecule has 0 bridgehead atoms. The molecule has 4 rings (SSSR count). The molecule has 2 aromatic carbocycles. The molecule has 1 fully saturated rings. The number of hydrogen-bond donors (Lipinski definition) is 2. The fourth-order valence-corrected chi connectivity index (χ4v) is 2.96. The van der Waals surface area contributed by atoms with Crippen molar-refractivity contribution in [1.82, 2.24) is 4.57 Å². The van der Waals surface area contributed by atoms with Gasteiger partial charge in [-0.05, 0) is 37.1 Å². The fraction of sp³-hybridized carbons (Fsp3) is 0.158. The second-order valence-electron chi connectivity index (χ2n) is 6.07. The average molecular weight is 319 g/mol. The van der Waals surface area contributed by atoms with Gasteiger partial charge in [-0.25, -0.2) is 0 Å². The first kappa shape index (κ1) is 14.5. The van der Waals surface area contributed by atoms with Crippen LogP contribution in [0.25, 0.3) is 10.9 Å². The van der Waals surface area contributed by atoms with E-state index in [0.717, 1.165) is 18.4 Å². The van der Waals surface area contributed by atoms with Gasteiger partial charge in [0.05, 0.1) is 10.9 Å². The molecule has 1 aliphatic carbocycles. The van der Waals surface area contributed by atoms with Crippen molar-refractivity contribution in [2.24, 2.45) is 0 Å². The number of hydrogen-bond acceptors (Lipinski definition) is 3. The fourth-order valence-electron chi connectivity index (χ4n) is 2.96. The van der Waals surface area contributed by atoms with Crippen LogP contribution in [-0.2, 0) is 0 Å². The SMILES string of the molecule is Nc1cccc2c1c(=O)c(C(=O)Nc1ccccc1)cn2C1CC1. The molecule has 120 valence electrons. The van der Waals surface area contributed by atoms with E-state index in [0.29, 0.717) is 22.8 Å². The summed E-state index contributed by atoms with van der Waals surface area (Å²) in [4.78, 5) is 25.4. The van der Waals surface area contributed by atoms with E-state index in [9.17, 15) is 9.59 Å². The molecule has 3 aromatic rings. The Balaban J connectivity index is 1.86. The van der Waals surface area contributed by atoms with Gasteiger partial charge in [0.2, 0.25) is 5.43 Å². The van der Waals surface area contributed by atoms with Crippen molar-refractivity contribution in [2.75, 3.05) is 11.1 Å². The lowest BCUT2D eigenvalue weighted by Gasteiger charge is -2.14. The highest BCUT2D eigenvalue weighted by Gasteiger charge is 2.27. The summed E-state index contributed by atoms with van der Waals surface area (Å²) < 4.78 is 2.01. The Morgan fingerprint density at radius 1 is 1.08 bits per heavy atom. The molecule has 1 aliphatic rings. The van der Waals surface area contributed by atoms with Crippen LogP contribution < -0.4 is 16.5 Å². The van der Waals surface area contributed by atoms with Gasteiger partial charge in [-0.2, -0.15) is 0 Å². The molecule has 0 atom stereocenters. The van der Waals surface area contributed by atoms with Crippen molar-refractivity contribution in [2.45, 2.75) is 18.9 Å². The van der Waals surface area contributed by atoms with Crippen molar-refractivity contribution in [3.63, 3.8) is 0 Å². The zero-order chi connectivity index (χ0) is 16.7. The van der Waals surface area contributed by atoms with Crippen molar-refractivity contribution < 1.29 is 4.79 Å². The third-order valence-corrected chi connectivity index (χ3v) is 4.31. The van der Waals surface area contributed by atoms with Gasteiger partial charge in [-0.3, -0.25) is 9.59 Å². The lowest BCUT2D eigenvalue weighted by Crippen LogP contribution is -2.24. The van der Waals surface area contributed by atoms with Crippen LogP contribution in [-0.4, -0.2) is 10.5 Å². The van der Waals surface area contributed by atoms with E-state index in [1.165, 1.54) is 0 Å². The van der Waals surface area contributed by atoms with Gasteiger partial charge in [-0.1, -0.05) is 24.3 Å². The van der Waals surface area contributed by atoms with Gasteiger partial charge < -0.3 is 15.6 Å². The predicted octanol–water partition coefficient (Wildman–Crippen LogP) is 3.17. The summed E-state index contributed by atoms with van der Waals surface area (Å²) in [5, 5.41) is 3.20. The van der Waals surface area contributed by atoms with Gasteiger partial charge in [0.25, 0.3) is 5.91 Å². The summed E-state index contributed by atoms with van der Waals surface area (Å²) >= 11 is 0. The molecule has 24 heavy (non-hydrogen) atoms. The summed E-state index contributed by atoms with van der Waals surface area (Å²) in [5.41, 5.74) is 7.67. The monoisotopic (exact) mass is 319 g/mol. The van der Waals surface area contributed by atoms with Crippen LogP contribution >= 0.6 is 0 Å². The van der Waals surface area contributed by atoms with E-state index < -0.39 is 5.91 Å². The molecule has 5 heteroatoms. The number of benzene rings is 2. The topological polar surface area (TPSA) is 77.1 Å². The number of amides is 1. The van der Waals surface area contributed by atoms with Crippen LogP contribution in [0, 0.1) is 0 Å². The average Bonchev–Trinajstić information content (AvgIpc) is 3.41. The second-order valence-corrected chi connectivity index (χ2v) is 6.07. The Morgan fingerprint density at radius 3 is 2.54 bits per heavy atom. The summed E-state index contributed by atoms with van der Waals surface area (Å²) in [7, 11) is 0. The maximum atomic E-state index is 12.8. The minimum Gasteiger partial charge on any atom is -0.398 e. The lowest BCUT2D eigenvalue weighted by molar-refractivity contribution is 0.102. The van der Waals surface area contributed by atoms with Crippen molar-refractivity contribution >= 4 is 28.2 Å². The first-order valence-electron chi connectivity index (χ1n) is 7.95. The third-order valence-electron chi connectivity index (χ3n) is 4.31. The number of carbonyl (C=O) groups excluding carboxylic acids is 1. The highest BCUT2D eigenvalue weighted by molar-refractivity contribution is 6.06. The first-order valence-corrected chi connectivity index (χ1v) is 7.95. The minimum atomic E-state index is -0.411. The number of nitrogens with one attached hydrogen (secondary N) is 1.